The zero-order valence-electron chi connectivity index (χ0n) is 7.77. The number of anilines is 1. The maximum atomic E-state index is 11.7. The fraction of sp³-hybridized carbons (Fsp3) is 0.125. The summed E-state index contributed by atoms with van der Waals surface area (Å²) in [7, 11) is 1.71. The molecule has 0 spiro atoms. The molecule has 1 amide bonds. The molecule has 2 rings (SSSR count). The van der Waals surface area contributed by atoms with Crippen LogP contribution in [0.15, 0.2) is 22.2 Å². The molecular formula is C8H7BrN4OS. The van der Waals surface area contributed by atoms with Crippen LogP contribution < -0.4 is 5.32 Å². The van der Waals surface area contributed by atoms with Crippen molar-refractivity contribution < 1.29 is 4.79 Å². The van der Waals surface area contributed by atoms with Crippen molar-refractivity contribution in [2.75, 3.05) is 5.32 Å². The zero-order valence-corrected chi connectivity index (χ0v) is 10.2. The van der Waals surface area contributed by atoms with E-state index in [0.717, 1.165) is 4.47 Å². The Morgan fingerprint density at radius 1 is 1.67 bits per heavy atom. The van der Waals surface area contributed by atoms with Gasteiger partial charge in [0.2, 0.25) is 5.95 Å². The topological polar surface area (TPSA) is 59.8 Å². The average molecular weight is 287 g/mol. The summed E-state index contributed by atoms with van der Waals surface area (Å²) in [4.78, 5) is 16.3. The molecule has 0 fully saturated rings. The Hall–Kier alpha value is -1.21. The van der Waals surface area contributed by atoms with E-state index in [9.17, 15) is 4.79 Å². The van der Waals surface area contributed by atoms with Crippen molar-refractivity contribution >= 4 is 39.1 Å². The van der Waals surface area contributed by atoms with Gasteiger partial charge >= 0.3 is 0 Å². The number of rotatable bonds is 2. The number of aryl methyl sites for hydroxylation is 1. The molecule has 2 heterocycles. The summed E-state index contributed by atoms with van der Waals surface area (Å²) in [5, 5.41) is 8.36. The Kier molecular flexibility index (Phi) is 2.83. The SMILES string of the molecule is Cn1ncnc1NC(=O)c1sccc1Br. The maximum absolute atomic E-state index is 11.7. The van der Waals surface area contributed by atoms with Crippen molar-refractivity contribution in [3.8, 4) is 0 Å². The fourth-order valence-electron chi connectivity index (χ4n) is 1.02. The first-order chi connectivity index (χ1) is 7.18. The van der Waals surface area contributed by atoms with Gasteiger partial charge in [-0.1, -0.05) is 0 Å². The van der Waals surface area contributed by atoms with E-state index in [4.69, 9.17) is 0 Å². The van der Waals surface area contributed by atoms with Crippen molar-refractivity contribution in [2.45, 2.75) is 0 Å². The third-order valence-electron chi connectivity index (χ3n) is 1.76. The molecule has 0 atom stereocenters. The number of nitrogens with one attached hydrogen (secondary N) is 1. The molecule has 0 saturated carbocycles. The van der Waals surface area contributed by atoms with E-state index in [1.165, 1.54) is 22.3 Å². The predicted molar refractivity (Wildman–Crippen MR) is 61.0 cm³/mol. The van der Waals surface area contributed by atoms with Gasteiger partial charge in [-0.2, -0.15) is 10.1 Å². The normalized spacial score (nSPS) is 10.3. The number of amides is 1. The van der Waals surface area contributed by atoms with E-state index in [0.29, 0.717) is 10.8 Å². The summed E-state index contributed by atoms with van der Waals surface area (Å²) in [5.74, 6) is 0.244. The van der Waals surface area contributed by atoms with Crippen LogP contribution in [0.2, 0.25) is 0 Å². The number of carbonyl (C=O) groups excluding carboxylic acids is 1. The molecule has 2 aromatic heterocycles. The summed E-state index contributed by atoms with van der Waals surface area (Å²) in [5.41, 5.74) is 0. The van der Waals surface area contributed by atoms with Crippen molar-refractivity contribution in [1.82, 2.24) is 14.8 Å². The molecule has 0 radical (unpaired) electrons. The third kappa shape index (κ3) is 2.07. The number of nitrogens with zero attached hydrogens (tertiary/aromatic N) is 3. The number of aromatic nitrogens is 3. The lowest BCUT2D eigenvalue weighted by Gasteiger charge is -2.01. The van der Waals surface area contributed by atoms with Crippen molar-refractivity contribution in [2.24, 2.45) is 7.05 Å². The minimum absolute atomic E-state index is 0.187. The average Bonchev–Trinajstić information content (AvgIpc) is 2.76. The van der Waals surface area contributed by atoms with E-state index >= 15 is 0 Å². The monoisotopic (exact) mass is 286 g/mol. The highest BCUT2D eigenvalue weighted by Gasteiger charge is 2.13. The molecule has 2 aromatic rings. The molecule has 5 nitrogen and oxygen atoms in total. The number of thiophene rings is 1. The van der Waals surface area contributed by atoms with Gasteiger partial charge in [0.25, 0.3) is 5.91 Å². The second-order valence-corrected chi connectivity index (χ2v) is 4.53. The lowest BCUT2D eigenvalue weighted by molar-refractivity contribution is 0.102. The summed E-state index contributed by atoms with van der Waals surface area (Å²) in [6.07, 6.45) is 1.39. The number of carbonyl (C=O) groups is 1. The van der Waals surface area contributed by atoms with Crippen LogP contribution in [0.4, 0.5) is 5.95 Å². The van der Waals surface area contributed by atoms with E-state index in [1.54, 1.807) is 7.05 Å². The summed E-state index contributed by atoms with van der Waals surface area (Å²) < 4.78 is 2.28. The Labute approximate surface area is 98.3 Å². The summed E-state index contributed by atoms with van der Waals surface area (Å²) in [6.45, 7) is 0. The first-order valence-corrected chi connectivity index (χ1v) is 5.74. The lowest BCUT2D eigenvalue weighted by atomic mass is 10.4. The fourth-order valence-corrected chi connectivity index (χ4v) is 2.47. The second-order valence-electron chi connectivity index (χ2n) is 2.76. The van der Waals surface area contributed by atoms with Gasteiger partial charge in [0, 0.05) is 11.5 Å². The Balaban J connectivity index is 2.18. The molecule has 0 unspecified atom stereocenters. The molecule has 0 aromatic carbocycles. The van der Waals surface area contributed by atoms with Crippen LogP contribution in [0.1, 0.15) is 9.67 Å². The Bertz CT molecular complexity index is 492. The molecule has 0 aliphatic rings. The van der Waals surface area contributed by atoms with Crippen LogP contribution in [-0.2, 0) is 7.05 Å². The minimum atomic E-state index is -0.187. The Morgan fingerprint density at radius 3 is 3.00 bits per heavy atom. The minimum Gasteiger partial charge on any atom is -0.290 e. The second kappa shape index (κ2) is 4.11. The maximum Gasteiger partial charge on any atom is 0.269 e. The van der Waals surface area contributed by atoms with Gasteiger partial charge in [-0.05, 0) is 27.4 Å². The van der Waals surface area contributed by atoms with E-state index < -0.39 is 0 Å². The molecule has 0 aliphatic heterocycles. The highest BCUT2D eigenvalue weighted by atomic mass is 79.9. The largest absolute Gasteiger partial charge is 0.290 e. The van der Waals surface area contributed by atoms with Crippen molar-refractivity contribution in [3.05, 3.63) is 27.1 Å². The van der Waals surface area contributed by atoms with Gasteiger partial charge in [0.15, 0.2) is 0 Å². The molecular weight excluding hydrogens is 280 g/mol. The third-order valence-corrected chi connectivity index (χ3v) is 3.60. The van der Waals surface area contributed by atoms with Crippen LogP contribution >= 0.6 is 27.3 Å². The summed E-state index contributed by atoms with van der Waals surface area (Å²) in [6, 6.07) is 1.83. The van der Waals surface area contributed by atoms with E-state index in [1.807, 2.05) is 11.4 Å². The molecule has 0 saturated heterocycles. The molecule has 0 aliphatic carbocycles. The van der Waals surface area contributed by atoms with Crippen LogP contribution in [0.5, 0.6) is 0 Å². The number of hydrogen-bond donors (Lipinski definition) is 1. The highest BCUT2D eigenvalue weighted by molar-refractivity contribution is 9.10. The van der Waals surface area contributed by atoms with Crippen molar-refractivity contribution in [3.63, 3.8) is 0 Å². The van der Waals surface area contributed by atoms with E-state index in [-0.39, 0.29) is 5.91 Å². The predicted octanol–water partition coefficient (Wildman–Crippen LogP) is 1.89. The van der Waals surface area contributed by atoms with Crippen molar-refractivity contribution in [1.29, 1.82) is 0 Å². The standard InChI is InChI=1S/C8H7BrN4OS/c1-13-8(10-4-11-13)12-7(14)6-5(9)2-3-15-6/h2-4H,1H3,(H,10,11,12,14). The Morgan fingerprint density at radius 2 is 2.47 bits per heavy atom. The van der Waals surface area contributed by atoms with Crippen LogP contribution in [0.3, 0.4) is 0 Å². The quantitative estimate of drug-likeness (QED) is 0.917. The summed E-state index contributed by atoms with van der Waals surface area (Å²) >= 11 is 4.67. The molecule has 7 heteroatoms. The van der Waals surface area contributed by atoms with Gasteiger partial charge in [-0.15, -0.1) is 11.3 Å². The van der Waals surface area contributed by atoms with Crippen LogP contribution in [0.25, 0.3) is 0 Å². The highest BCUT2D eigenvalue weighted by Crippen LogP contribution is 2.23. The van der Waals surface area contributed by atoms with Gasteiger partial charge in [0.05, 0.1) is 0 Å². The first kappa shape index (κ1) is 10.3. The number of hydrogen-bond acceptors (Lipinski definition) is 4. The lowest BCUT2D eigenvalue weighted by Crippen LogP contribution is -2.14. The number of halogens is 1. The molecule has 0 bridgehead atoms. The van der Waals surface area contributed by atoms with Gasteiger partial charge in [-0.3, -0.25) is 10.1 Å². The molecule has 78 valence electrons. The molecule has 15 heavy (non-hydrogen) atoms. The van der Waals surface area contributed by atoms with E-state index in [2.05, 4.69) is 31.3 Å². The van der Waals surface area contributed by atoms with Gasteiger partial charge in [0.1, 0.15) is 11.2 Å². The first-order valence-electron chi connectivity index (χ1n) is 4.07. The van der Waals surface area contributed by atoms with Crippen LogP contribution in [0, 0.1) is 0 Å². The van der Waals surface area contributed by atoms with Crippen LogP contribution in [-0.4, -0.2) is 20.7 Å². The zero-order chi connectivity index (χ0) is 10.8. The molecule has 1 N–H and O–H groups in total. The van der Waals surface area contributed by atoms with Gasteiger partial charge in [-0.25, -0.2) is 4.68 Å². The smallest absolute Gasteiger partial charge is 0.269 e. The van der Waals surface area contributed by atoms with Gasteiger partial charge < -0.3 is 0 Å².